The molecule has 5 heteroatoms. The fourth-order valence-corrected chi connectivity index (χ4v) is 2.58. The largest absolute Gasteiger partial charge is 0.381 e. The Kier molecular flexibility index (Phi) is 4.47. The molecular formula is C15H24N4O. The van der Waals surface area contributed by atoms with Crippen LogP contribution in [0.25, 0.3) is 0 Å². The maximum absolute atomic E-state index is 5.40. The lowest BCUT2D eigenvalue weighted by Crippen LogP contribution is -2.30. The predicted octanol–water partition coefficient (Wildman–Crippen LogP) is 1.59. The van der Waals surface area contributed by atoms with Crippen LogP contribution in [0.1, 0.15) is 31.2 Å². The molecule has 0 bridgehead atoms. The summed E-state index contributed by atoms with van der Waals surface area (Å²) in [5.41, 5.74) is 1.17. The highest BCUT2D eigenvalue weighted by molar-refractivity contribution is 5.28. The van der Waals surface area contributed by atoms with Crippen LogP contribution in [0.15, 0.2) is 12.4 Å². The monoisotopic (exact) mass is 276 g/mol. The zero-order valence-electron chi connectivity index (χ0n) is 12.2. The summed E-state index contributed by atoms with van der Waals surface area (Å²) in [7, 11) is 2.08. The van der Waals surface area contributed by atoms with Crippen LogP contribution >= 0.6 is 0 Å². The Labute approximate surface area is 120 Å². The summed E-state index contributed by atoms with van der Waals surface area (Å²) in [5, 5.41) is 3.48. The first kappa shape index (κ1) is 13.8. The van der Waals surface area contributed by atoms with Gasteiger partial charge in [0.2, 0.25) is 5.95 Å². The molecule has 0 atom stereocenters. The first-order chi connectivity index (χ1) is 9.81. The van der Waals surface area contributed by atoms with Gasteiger partial charge in [0, 0.05) is 57.3 Å². The molecule has 2 heterocycles. The van der Waals surface area contributed by atoms with Crippen LogP contribution in [0.3, 0.4) is 0 Å². The maximum Gasteiger partial charge on any atom is 0.225 e. The fraction of sp³-hybridized carbons (Fsp3) is 0.733. The van der Waals surface area contributed by atoms with Gasteiger partial charge in [-0.3, -0.25) is 0 Å². The van der Waals surface area contributed by atoms with Gasteiger partial charge in [0.05, 0.1) is 0 Å². The van der Waals surface area contributed by atoms with Crippen molar-refractivity contribution in [1.82, 2.24) is 15.3 Å². The molecule has 0 amide bonds. The van der Waals surface area contributed by atoms with Crippen molar-refractivity contribution in [2.75, 3.05) is 31.7 Å². The highest BCUT2D eigenvalue weighted by Gasteiger charge is 2.20. The molecule has 110 valence electrons. The molecule has 0 unspecified atom stereocenters. The molecule has 1 N–H and O–H groups in total. The van der Waals surface area contributed by atoms with E-state index in [0.717, 1.165) is 51.1 Å². The second-order valence-corrected chi connectivity index (χ2v) is 5.98. The molecule has 5 nitrogen and oxygen atoms in total. The molecule has 1 aliphatic carbocycles. The van der Waals surface area contributed by atoms with Gasteiger partial charge >= 0.3 is 0 Å². The van der Waals surface area contributed by atoms with E-state index in [1.54, 1.807) is 0 Å². The molecule has 0 aromatic carbocycles. The van der Waals surface area contributed by atoms with Crippen LogP contribution in [-0.4, -0.2) is 42.8 Å². The van der Waals surface area contributed by atoms with Gasteiger partial charge in [-0.2, -0.15) is 0 Å². The van der Waals surface area contributed by atoms with Gasteiger partial charge in [0.25, 0.3) is 0 Å². The number of hydrogen-bond donors (Lipinski definition) is 1. The molecule has 1 saturated carbocycles. The van der Waals surface area contributed by atoms with Gasteiger partial charge in [-0.1, -0.05) is 0 Å². The molecule has 20 heavy (non-hydrogen) atoms. The smallest absolute Gasteiger partial charge is 0.225 e. The zero-order valence-corrected chi connectivity index (χ0v) is 12.2. The zero-order chi connectivity index (χ0) is 13.8. The lowest BCUT2D eigenvalue weighted by molar-refractivity contribution is 0.0684. The van der Waals surface area contributed by atoms with Gasteiger partial charge in [0.15, 0.2) is 0 Å². The normalized spacial score (nSPS) is 20.1. The summed E-state index contributed by atoms with van der Waals surface area (Å²) in [4.78, 5) is 11.1. The second kappa shape index (κ2) is 6.50. The van der Waals surface area contributed by atoms with E-state index in [1.165, 1.54) is 18.4 Å². The highest BCUT2D eigenvalue weighted by Crippen LogP contribution is 2.20. The van der Waals surface area contributed by atoms with Crippen molar-refractivity contribution >= 4 is 5.95 Å². The molecule has 0 spiro atoms. The Hall–Kier alpha value is -1.20. The van der Waals surface area contributed by atoms with Crippen LogP contribution in [0.5, 0.6) is 0 Å². The van der Waals surface area contributed by atoms with Crippen LogP contribution in [0.4, 0.5) is 5.95 Å². The molecule has 3 rings (SSSR count). The van der Waals surface area contributed by atoms with E-state index in [9.17, 15) is 0 Å². The predicted molar refractivity (Wildman–Crippen MR) is 78.7 cm³/mol. The summed E-state index contributed by atoms with van der Waals surface area (Å²) < 4.78 is 5.40. The number of ether oxygens (including phenoxy) is 1. The van der Waals surface area contributed by atoms with Crippen LogP contribution < -0.4 is 10.2 Å². The van der Waals surface area contributed by atoms with E-state index in [2.05, 4.69) is 27.2 Å². The SMILES string of the molecule is CN(CC1CCOCC1)c1ncc(CNC2CC2)cn1. The van der Waals surface area contributed by atoms with Gasteiger partial charge in [-0.25, -0.2) is 9.97 Å². The van der Waals surface area contributed by atoms with Crippen LogP contribution in [0, 0.1) is 5.92 Å². The maximum atomic E-state index is 5.40. The number of nitrogens with one attached hydrogen (secondary N) is 1. The number of rotatable bonds is 6. The van der Waals surface area contributed by atoms with Crippen molar-refractivity contribution in [2.24, 2.45) is 5.92 Å². The van der Waals surface area contributed by atoms with Gasteiger partial charge in [0.1, 0.15) is 0 Å². The van der Waals surface area contributed by atoms with Crippen molar-refractivity contribution in [3.8, 4) is 0 Å². The molecule has 2 fully saturated rings. The summed E-state index contributed by atoms with van der Waals surface area (Å²) in [5.74, 6) is 1.53. The Bertz CT molecular complexity index is 412. The number of nitrogens with zero attached hydrogens (tertiary/aromatic N) is 3. The van der Waals surface area contributed by atoms with E-state index in [1.807, 2.05) is 12.4 Å². The van der Waals surface area contributed by atoms with Crippen LogP contribution in [0.2, 0.25) is 0 Å². The first-order valence-electron chi connectivity index (χ1n) is 7.64. The number of hydrogen-bond acceptors (Lipinski definition) is 5. The summed E-state index contributed by atoms with van der Waals surface area (Å²) >= 11 is 0. The third kappa shape index (κ3) is 3.90. The lowest BCUT2D eigenvalue weighted by Gasteiger charge is -2.27. The van der Waals surface area contributed by atoms with Gasteiger partial charge in [-0.05, 0) is 31.6 Å². The number of anilines is 1. The van der Waals surface area contributed by atoms with Crippen molar-refractivity contribution in [3.05, 3.63) is 18.0 Å². The molecule has 2 aliphatic rings. The Morgan fingerprint density at radius 1 is 1.20 bits per heavy atom. The molecule has 1 aromatic heterocycles. The summed E-state index contributed by atoms with van der Waals surface area (Å²) in [6.07, 6.45) is 8.80. The van der Waals surface area contributed by atoms with E-state index >= 15 is 0 Å². The van der Waals surface area contributed by atoms with E-state index in [4.69, 9.17) is 4.74 Å². The summed E-state index contributed by atoms with van der Waals surface area (Å²) in [6, 6.07) is 0.728. The van der Waals surface area contributed by atoms with E-state index in [-0.39, 0.29) is 0 Å². The topological polar surface area (TPSA) is 50.3 Å². The minimum Gasteiger partial charge on any atom is -0.381 e. The fourth-order valence-electron chi connectivity index (χ4n) is 2.58. The Morgan fingerprint density at radius 2 is 1.90 bits per heavy atom. The highest BCUT2D eigenvalue weighted by atomic mass is 16.5. The Morgan fingerprint density at radius 3 is 2.55 bits per heavy atom. The third-order valence-corrected chi connectivity index (χ3v) is 4.08. The average Bonchev–Trinajstić information content (AvgIpc) is 3.31. The molecule has 1 aromatic rings. The van der Waals surface area contributed by atoms with Gasteiger partial charge < -0.3 is 15.0 Å². The average molecular weight is 276 g/mol. The standard InChI is InChI=1S/C15H24N4O/c1-19(11-12-4-6-20-7-5-12)15-17-9-13(10-18-15)8-16-14-2-3-14/h9-10,12,14,16H,2-8,11H2,1H3. The molecule has 0 radical (unpaired) electrons. The molecular weight excluding hydrogens is 252 g/mol. The van der Waals surface area contributed by atoms with Crippen LogP contribution in [-0.2, 0) is 11.3 Å². The number of aromatic nitrogens is 2. The third-order valence-electron chi connectivity index (χ3n) is 4.08. The minimum atomic E-state index is 0.702. The van der Waals surface area contributed by atoms with Crippen molar-refractivity contribution in [2.45, 2.75) is 38.3 Å². The second-order valence-electron chi connectivity index (χ2n) is 5.98. The molecule has 1 saturated heterocycles. The van der Waals surface area contributed by atoms with Crippen molar-refractivity contribution < 1.29 is 4.74 Å². The minimum absolute atomic E-state index is 0.702. The first-order valence-corrected chi connectivity index (χ1v) is 7.64. The quantitative estimate of drug-likeness (QED) is 0.855. The van der Waals surface area contributed by atoms with Crippen molar-refractivity contribution in [1.29, 1.82) is 0 Å². The Balaban J connectivity index is 1.49. The van der Waals surface area contributed by atoms with E-state index < -0.39 is 0 Å². The molecule has 1 aliphatic heterocycles. The van der Waals surface area contributed by atoms with Crippen molar-refractivity contribution in [3.63, 3.8) is 0 Å². The summed E-state index contributed by atoms with van der Waals surface area (Å²) in [6.45, 7) is 3.69. The van der Waals surface area contributed by atoms with Gasteiger partial charge in [-0.15, -0.1) is 0 Å². The lowest BCUT2D eigenvalue weighted by atomic mass is 10.0. The van der Waals surface area contributed by atoms with E-state index in [0.29, 0.717) is 5.92 Å².